The third-order valence-corrected chi connectivity index (χ3v) is 2.23. The number of rotatable bonds is 2. The molecule has 0 atom stereocenters. The number of carbonyl (C=O) groups excluding carboxylic acids is 1. The third kappa shape index (κ3) is 2.31. The van der Waals surface area contributed by atoms with Crippen LogP contribution in [0.4, 0.5) is 0 Å². The van der Waals surface area contributed by atoms with Crippen LogP contribution in [0.1, 0.15) is 11.1 Å². The summed E-state index contributed by atoms with van der Waals surface area (Å²) in [6.07, 6.45) is 2.27. The van der Waals surface area contributed by atoms with E-state index >= 15 is 0 Å². The molecule has 1 rings (SSSR count). The van der Waals surface area contributed by atoms with Crippen molar-refractivity contribution in [3.63, 3.8) is 0 Å². The first-order valence-electron chi connectivity index (χ1n) is 3.62. The van der Waals surface area contributed by atoms with Gasteiger partial charge in [0.25, 0.3) is 0 Å². The maximum Gasteiger partial charge on any atom is 0.143 e. The maximum atomic E-state index is 10.2. The maximum absolute atomic E-state index is 10.2. The summed E-state index contributed by atoms with van der Waals surface area (Å²) in [6.45, 7) is 2.02. The second-order valence-electron chi connectivity index (χ2n) is 2.52. The van der Waals surface area contributed by atoms with Crippen molar-refractivity contribution in [2.24, 2.45) is 0 Å². The molecule has 0 amide bonds. The molecule has 2 heteroatoms. The minimum Gasteiger partial charge on any atom is -0.299 e. The SMILES string of the molecule is Cc1cccc(C(Br)=CC=O)c1. The van der Waals surface area contributed by atoms with Crippen LogP contribution in [0.25, 0.3) is 4.48 Å². The lowest BCUT2D eigenvalue weighted by atomic mass is 10.1. The largest absolute Gasteiger partial charge is 0.299 e. The van der Waals surface area contributed by atoms with Gasteiger partial charge in [-0.25, -0.2) is 0 Å². The molecule has 62 valence electrons. The Morgan fingerprint density at radius 2 is 2.25 bits per heavy atom. The van der Waals surface area contributed by atoms with Crippen LogP contribution in [0.15, 0.2) is 30.3 Å². The Hall–Kier alpha value is -0.890. The molecular weight excluding hydrogens is 216 g/mol. The molecule has 12 heavy (non-hydrogen) atoms. The van der Waals surface area contributed by atoms with E-state index < -0.39 is 0 Å². The van der Waals surface area contributed by atoms with Gasteiger partial charge >= 0.3 is 0 Å². The van der Waals surface area contributed by atoms with Crippen molar-refractivity contribution in [2.45, 2.75) is 6.92 Å². The van der Waals surface area contributed by atoms with Crippen molar-refractivity contribution in [3.8, 4) is 0 Å². The van der Waals surface area contributed by atoms with Gasteiger partial charge in [0.05, 0.1) is 0 Å². The minimum absolute atomic E-state index is 0.770. The molecule has 0 unspecified atom stereocenters. The fourth-order valence-corrected chi connectivity index (χ4v) is 1.30. The summed E-state index contributed by atoms with van der Waals surface area (Å²) in [5, 5.41) is 0. The summed E-state index contributed by atoms with van der Waals surface area (Å²) in [7, 11) is 0. The van der Waals surface area contributed by atoms with Gasteiger partial charge in [-0.3, -0.25) is 4.79 Å². The zero-order chi connectivity index (χ0) is 8.97. The van der Waals surface area contributed by atoms with Crippen LogP contribution in [-0.4, -0.2) is 6.29 Å². The van der Waals surface area contributed by atoms with E-state index in [4.69, 9.17) is 0 Å². The molecule has 0 bridgehead atoms. The molecule has 1 nitrogen and oxygen atoms in total. The van der Waals surface area contributed by atoms with Crippen LogP contribution in [0.2, 0.25) is 0 Å². The van der Waals surface area contributed by atoms with E-state index in [2.05, 4.69) is 15.9 Å². The first kappa shape index (κ1) is 9.20. The van der Waals surface area contributed by atoms with Crippen LogP contribution in [0, 0.1) is 6.92 Å². The van der Waals surface area contributed by atoms with E-state index in [1.165, 1.54) is 11.6 Å². The minimum atomic E-state index is 0.770. The fraction of sp³-hybridized carbons (Fsp3) is 0.100. The smallest absolute Gasteiger partial charge is 0.143 e. The predicted molar refractivity (Wildman–Crippen MR) is 54.1 cm³/mol. The monoisotopic (exact) mass is 224 g/mol. The van der Waals surface area contributed by atoms with Gasteiger partial charge in [0.2, 0.25) is 0 Å². The number of allylic oxidation sites excluding steroid dienone is 1. The standard InChI is InChI=1S/C10H9BrO/c1-8-3-2-4-9(7-8)10(11)5-6-12/h2-7H,1H3. The zero-order valence-corrected chi connectivity index (χ0v) is 8.34. The Kier molecular flexibility index (Phi) is 3.23. The highest BCUT2D eigenvalue weighted by Gasteiger charge is 1.95. The molecule has 0 saturated heterocycles. The van der Waals surface area contributed by atoms with Gasteiger partial charge in [-0.1, -0.05) is 45.8 Å². The molecule has 0 saturated carbocycles. The fourth-order valence-electron chi connectivity index (χ4n) is 0.950. The summed E-state index contributed by atoms with van der Waals surface area (Å²) in [4.78, 5) is 10.2. The average Bonchev–Trinajstić information content (AvgIpc) is 2.05. The van der Waals surface area contributed by atoms with Gasteiger partial charge < -0.3 is 0 Å². The first-order valence-corrected chi connectivity index (χ1v) is 4.41. The van der Waals surface area contributed by atoms with Gasteiger partial charge in [0, 0.05) is 4.48 Å². The highest BCUT2D eigenvalue weighted by molar-refractivity contribution is 9.15. The Labute approximate surface area is 80.2 Å². The van der Waals surface area contributed by atoms with E-state index in [9.17, 15) is 4.79 Å². The van der Waals surface area contributed by atoms with Crippen molar-refractivity contribution >= 4 is 26.7 Å². The molecule has 0 aromatic heterocycles. The second-order valence-corrected chi connectivity index (χ2v) is 3.37. The number of aldehydes is 1. The quantitative estimate of drug-likeness (QED) is 0.558. The Morgan fingerprint density at radius 1 is 1.50 bits per heavy atom. The highest BCUT2D eigenvalue weighted by atomic mass is 79.9. The molecule has 0 N–H and O–H groups in total. The highest BCUT2D eigenvalue weighted by Crippen LogP contribution is 2.20. The van der Waals surface area contributed by atoms with Gasteiger partial charge in [0.15, 0.2) is 0 Å². The molecule has 0 aliphatic rings. The molecule has 0 spiro atoms. The zero-order valence-electron chi connectivity index (χ0n) is 6.75. The molecule has 0 heterocycles. The molecule has 0 aliphatic carbocycles. The van der Waals surface area contributed by atoms with E-state index in [-0.39, 0.29) is 0 Å². The summed E-state index contributed by atoms with van der Waals surface area (Å²) in [6, 6.07) is 7.95. The first-order chi connectivity index (χ1) is 5.74. The Bertz CT molecular complexity index is 315. The Balaban J connectivity index is 3.03. The third-order valence-electron chi connectivity index (χ3n) is 1.51. The van der Waals surface area contributed by atoms with Crippen LogP contribution in [0.5, 0.6) is 0 Å². The van der Waals surface area contributed by atoms with E-state index in [0.717, 1.165) is 16.3 Å². The molecule has 0 aliphatic heterocycles. The normalized spacial score (nSPS) is 11.3. The lowest BCUT2D eigenvalue weighted by Crippen LogP contribution is -1.78. The van der Waals surface area contributed by atoms with Crippen molar-refractivity contribution in [2.75, 3.05) is 0 Å². The number of hydrogen-bond donors (Lipinski definition) is 0. The summed E-state index contributed by atoms with van der Waals surface area (Å²) in [5.74, 6) is 0. The van der Waals surface area contributed by atoms with Crippen LogP contribution in [-0.2, 0) is 4.79 Å². The van der Waals surface area contributed by atoms with E-state index in [1.54, 1.807) is 0 Å². The lowest BCUT2D eigenvalue weighted by molar-refractivity contribution is -0.104. The average molecular weight is 225 g/mol. The van der Waals surface area contributed by atoms with E-state index in [1.807, 2.05) is 31.2 Å². The number of carbonyl (C=O) groups is 1. The number of hydrogen-bond acceptors (Lipinski definition) is 1. The van der Waals surface area contributed by atoms with Gasteiger partial charge in [-0.2, -0.15) is 0 Å². The number of benzene rings is 1. The van der Waals surface area contributed by atoms with Crippen LogP contribution >= 0.6 is 15.9 Å². The molecule has 0 fully saturated rings. The van der Waals surface area contributed by atoms with Crippen LogP contribution in [0.3, 0.4) is 0 Å². The molecule has 0 radical (unpaired) electrons. The second kappa shape index (κ2) is 4.21. The molecular formula is C10H9BrO. The summed E-state index contributed by atoms with van der Waals surface area (Å²) >= 11 is 3.31. The summed E-state index contributed by atoms with van der Waals surface area (Å²) in [5.41, 5.74) is 2.21. The predicted octanol–water partition coefficient (Wildman–Crippen LogP) is 2.93. The van der Waals surface area contributed by atoms with Gasteiger partial charge in [0.1, 0.15) is 6.29 Å². The van der Waals surface area contributed by atoms with Crippen LogP contribution < -0.4 is 0 Å². The molecule has 1 aromatic carbocycles. The van der Waals surface area contributed by atoms with Crippen molar-refractivity contribution in [1.82, 2.24) is 0 Å². The summed E-state index contributed by atoms with van der Waals surface area (Å²) < 4.78 is 0.821. The number of aryl methyl sites for hydroxylation is 1. The van der Waals surface area contributed by atoms with Crippen molar-refractivity contribution in [3.05, 3.63) is 41.5 Å². The van der Waals surface area contributed by atoms with Gasteiger partial charge in [-0.15, -0.1) is 0 Å². The topological polar surface area (TPSA) is 17.1 Å². The van der Waals surface area contributed by atoms with E-state index in [0.29, 0.717) is 0 Å². The lowest BCUT2D eigenvalue weighted by Gasteiger charge is -1.98. The molecule has 1 aromatic rings. The van der Waals surface area contributed by atoms with Crippen molar-refractivity contribution in [1.29, 1.82) is 0 Å². The Morgan fingerprint density at radius 3 is 2.83 bits per heavy atom. The van der Waals surface area contributed by atoms with Crippen molar-refractivity contribution < 1.29 is 4.79 Å². The van der Waals surface area contributed by atoms with Gasteiger partial charge in [-0.05, 0) is 18.6 Å². The number of halogens is 1.